The number of aromatic nitrogens is 1. The molecule has 1 aliphatic carbocycles. The molecule has 1 aromatic heterocycles. The lowest BCUT2D eigenvalue weighted by molar-refractivity contribution is 0.126. The number of anilines is 2. The second-order valence-electron chi connectivity index (χ2n) is 4.12. The number of hydrogen-bond acceptors (Lipinski definition) is 4. The molecule has 1 saturated carbocycles. The Hall–Kier alpha value is -1.29. The quantitative estimate of drug-likeness (QED) is 0.685. The monoisotopic (exact) mass is 207 g/mol. The van der Waals surface area contributed by atoms with Gasteiger partial charge in [-0.3, -0.25) is 0 Å². The number of nitrogen functional groups attached to an aromatic ring is 1. The Morgan fingerprint density at radius 3 is 2.60 bits per heavy atom. The number of pyridine rings is 1. The second-order valence-corrected chi connectivity index (χ2v) is 4.12. The van der Waals surface area contributed by atoms with E-state index in [1.165, 1.54) is 0 Å². The molecule has 4 N–H and O–H groups in total. The van der Waals surface area contributed by atoms with Gasteiger partial charge in [-0.1, -0.05) is 0 Å². The first-order chi connectivity index (χ1) is 7.24. The summed E-state index contributed by atoms with van der Waals surface area (Å²) in [4.78, 5) is 4.03. The highest BCUT2D eigenvalue weighted by molar-refractivity contribution is 5.45. The normalized spacial score (nSPS) is 26.2. The first-order valence-corrected chi connectivity index (χ1v) is 5.40. The van der Waals surface area contributed by atoms with Crippen LogP contribution in [0.3, 0.4) is 0 Å². The summed E-state index contributed by atoms with van der Waals surface area (Å²) >= 11 is 0. The maximum Gasteiger partial charge on any atom is 0.123 e. The van der Waals surface area contributed by atoms with Crippen molar-refractivity contribution in [1.29, 1.82) is 0 Å². The molecule has 4 nitrogen and oxygen atoms in total. The van der Waals surface area contributed by atoms with Crippen LogP contribution in [0.5, 0.6) is 0 Å². The number of aliphatic hydroxyl groups is 1. The van der Waals surface area contributed by atoms with Crippen LogP contribution in [0.4, 0.5) is 11.5 Å². The van der Waals surface area contributed by atoms with Crippen LogP contribution in [0.25, 0.3) is 0 Å². The summed E-state index contributed by atoms with van der Waals surface area (Å²) < 4.78 is 0. The van der Waals surface area contributed by atoms with Crippen molar-refractivity contribution in [1.82, 2.24) is 4.98 Å². The van der Waals surface area contributed by atoms with Crippen LogP contribution in [0.2, 0.25) is 0 Å². The van der Waals surface area contributed by atoms with Gasteiger partial charge in [0.2, 0.25) is 0 Å². The molecule has 0 radical (unpaired) electrons. The van der Waals surface area contributed by atoms with Crippen LogP contribution < -0.4 is 11.1 Å². The average Bonchev–Trinajstić information content (AvgIpc) is 2.25. The lowest BCUT2D eigenvalue weighted by Gasteiger charge is -2.26. The highest BCUT2D eigenvalue weighted by Crippen LogP contribution is 2.21. The highest BCUT2D eigenvalue weighted by atomic mass is 16.3. The Morgan fingerprint density at radius 1 is 1.27 bits per heavy atom. The van der Waals surface area contributed by atoms with Gasteiger partial charge in [-0.15, -0.1) is 0 Å². The molecule has 1 fully saturated rings. The summed E-state index contributed by atoms with van der Waals surface area (Å²) in [5.74, 6) is 0.541. The van der Waals surface area contributed by atoms with Crippen LogP contribution in [-0.4, -0.2) is 22.2 Å². The smallest absolute Gasteiger partial charge is 0.123 e. The third kappa shape index (κ3) is 2.83. The second kappa shape index (κ2) is 4.49. The van der Waals surface area contributed by atoms with Gasteiger partial charge in [0.15, 0.2) is 0 Å². The molecule has 4 heteroatoms. The van der Waals surface area contributed by atoms with Gasteiger partial charge in [-0.05, 0) is 37.8 Å². The Labute approximate surface area is 89.5 Å². The summed E-state index contributed by atoms with van der Waals surface area (Å²) in [7, 11) is 0. The van der Waals surface area contributed by atoms with Crippen molar-refractivity contribution >= 4 is 11.5 Å². The minimum absolute atomic E-state index is 0.104. The van der Waals surface area contributed by atoms with E-state index in [2.05, 4.69) is 10.3 Å². The molecule has 0 amide bonds. The topological polar surface area (TPSA) is 71.2 Å². The van der Waals surface area contributed by atoms with E-state index in [9.17, 15) is 5.11 Å². The molecule has 1 aliphatic rings. The molecule has 0 saturated heterocycles. The maximum absolute atomic E-state index is 9.37. The Balaban J connectivity index is 1.89. The fourth-order valence-corrected chi connectivity index (χ4v) is 1.95. The molecule has 0 aromatic carbocycles. The predicted molar refractivity (Wildman–Crippen MR) is 60.5 cm³/mol. The Morgan fingerprint density at radius 2 is 2.00 bits per heavy atom. The van der Waals surface area contributed by atoms with Crippen molar-refractivity contribution in [2.75, 3.05) is 11.1 Å². The molecule has 1 heterocycles. The summed E-state index contributed by atoms with van der Waals surface area (Å²) in [6.45, 7) is 0. The Kier molecular flexibility index (Phi) is 3.06. The number of nitrogens with one attached hydrogen (secondary N) is 1. The van der Waals surface area contributed by atoms with E-state index in [4.69, 9.17) is 5.73 Å². The molecule has 0 atom stereocenters. The summed E-state index contributed by atoms with van der Waals surface area (Å²) in [5, 5.41) is 12.8. The summed E-state index contributed by atoms with van der Waals surface area (Å²) in [6, 6.07) is 4.19. The van der Waals surface area contributed by atoms with Gasteiger partial charge in [-0.25, -0.2) is 4.98 Å². The van der Waals surface area contributed by atoms with Gasteiger partial charge in [-0.2, -0.15) is 0 Å². The van der Waals surface area contributed by atoms with Gasteiger partial charge in [0.05, 0.1) is 18.0 Å². The summed E-state index contributed by atoms with van der Waals surface area (Å²) in [6.07, 6.45) is 5.46. The van der Waals surface area contributed by atoms with E-state index in [0.29, 0.717) is 11.9 Å². The minimum Gasteiger partial charge on any atom is -0.393 e. The van der Waals surface area contributed by atoms with Crippen LogP contribution in [0, 0.1) is 0 Å². The standard InChI is InChI=1S/C11H17N3O/c12-11-6-3-9(7-13-11)14-8-1-4-10(15)5-2-8/h3,6-8,10,14-15H,1-2,4-5H2,(H2,12,13). The SMILES string of the molecule is Nc1ccc(NC2CCC(O)CC2)cn1. The van der Waals surface area contributed by atoms with Crippen molar-refractivity contribution in [3.8, 4) is 0 Å². The maximum atomic E-state index is 9.37. The lowest BCUT2D eigenvalue weighted by atomic mass is 9.93. The zero-order chi connectivity index (χ0) is 10.7. The van der Waals surface area contributed by atoms with E-state index >= 15 is 0 Å². The molecule has 82 valence electrons. The molecule has 15 heavy (non-hydrogen) atoms. The summed E-state index contributed by atoms with van der Waals surface area (Å²) in [5.41, 5.74) is 6.51. The Bertz CT molecular complexity index is 304. The largest absolute Gasteiger partial charge is 0.393 e. The number of nitrogens with zero attached hydrogens (tertiary/aromatic N) is 1. The van der Waals surface area contributed by atoms with E-state index in [1.54, 1.807) is 12.3 Å². The van der Waals surface area contributed by atoms with Crippen LogP contribution in [0.15, 0.2) is 18.3 Å². The van der Waals surface area contributed by atoms with Crippen LogP contribution >= 0.6 is 0 Å². The molecular formula is C11H17N3O. The fraction of sp³-hybridized carbons (Fsp3) is 0.545. The number of nitrogens with two attached hydrogens (primary N) is 1. The van der Waals surface area contributed by atoms with E-state index in [0.717, 1.165) is 31.4 Å². The molecule has 0 unspecified atom stereocenters. The van der Waals surface area contributed by atoms with Crippen molar-refractivity contribution in [2.45, 2.75) is 37.8 Å². The number of rotatable bonds is 2. The van der Waals surface area contributed by atoms with Crippen molar-refractivity contribution in [3.05, 3.63) is 18.3 Å². The van der Waals surface area contributed by atoms with Gasteiger partial charge < -0.3 is 16.2 Å². The number of hydrogen-bond donors (Lipinski definition) is 3. The van der Waals surface area contributed by atoms with E-state index in [-0.39, 0.29) is 6.10 Å². The first kappa shape index (κ1) is 10.2. The fourth-order valence-electron chi connectivity index (χ4n) is 1.95. The minimum atomic E-state index is -0.104. The van der Waals surface area contributed by atoms with Crippen molar-refractivity contribution < 1.29 is 5.11 Å². The third-order valence-corrected chi connectivity index (χ3v) is 2.85. The van der Waals surface area contributed by atoms with Gasteiger partial charge in [0, 0.05) is 6.04 Å². The van der Waals surface area contributed by atoms with Crippen LogP contribution in [0.1, 0.15) is 25.7 Å². The molecule has 2 rings (SSSR count). The molecule has 0 aliphatic heterocycles. The van der Waals surface area contributed by atoms with Gasteiger partial charge in [0.1, 0.15) is 5.82 Å². The van der Waals surface area contributed by atoms with Gasteiger partial charge >= 0.3 is 0 Å². The molecule has 0 spiro atoms. The first-order valence-electron chi connectivity index (χ1n) is 5.40. The average molecular weight is 207 g/mol. The van der Waals surface area contributed by atoms with Crippen molar-refractivity contribution in [3.63, 3.8) is 0 Å². The van der Waals surface area contributed by atoms with Crippen LogP contribution in [-0.2, 0) is 0 Å². The molecular weight excluding hydrogens is 190 g/mol. The lowest BCUT2D eigenvalue weighted by Crippen LogP contribution is -2.28. The van der Waals surface area contributed by atoms with E-state index < -0.39 is 0 Å². The molecule has 1 aromatic rings. The molecule has 0 bridgehead atoms. The van der Waals surface area contributed by atoms with Crippen molar-refractivity contribution in [2.24, 2.45) is 0 Å². The number of aliphatic hydroxyl groups excluding tert-OH is 1. The third-order valence-electron chi connectivity index (χ3n) is 2.85. The highest BCUT2D eigenvalue weighted by Gasteiger charge is 2.18. The van der Waals surface area contributed by atoms with Gasteiger partial charge in [0.25, 0.3) is 0 Å². The zero-order valence-corrected chi connectivity index (χ0v) is 8.69. The predicted octanol–water partition coefficient (Wildman–Crippen LogP) is 1.38. The zero-order valence-electron chi connectivity index (χ0n) is 8.69. The van der Waals surface area contributed by atoms with E-state index in [1.807, 2.05) is 6.07 Å².